The maximum atomic E-state index is 12.8. The molecule has 0 heterocycles. The van der Waals surface area contributed by atoms with E-state index < -0.39 is 5.91 Å². The molecule has 0 bridgehead atoms. The quantitative estimate of drug-likeness (QED) is 0.596. The largest absolute Gasteiger partial charge is 0.496 e. The van der Waals surface area contributed by atoms with Gasteiger partial charge in [0.25, 0.3) is 11.8 Å². The summed E-state index contributed by atoms with van der Waals surface area (Å²) >= 11 is 6.02. The van der Waals surface area contributed by atoms with Gasteiger partial charge in [0, 0.05) is 5.02 Å². The van der Waals surface area contributed by atoms with Crippen LogP contribution in [0.3, 0.4) is 0 Å². The van der Waals surface area contributed by atoms with Gasteiger partial charge in [-0.15, -0.1) is 0 Å². The number of hydrogen-bond acceptors (Lipinski definition) is 3. The minimum Gasteiger partial charge on any atom is -0.496 e. The van der Waals surface area contributed by atoms with Gasteiger partial charge in [-0.25, -0.2) is 0 Å². The van der Waals surface area contributed by atoms with Gasteiger partial charge in [0.05, 0.1) is 30.0 Å². The van der Waals surface area contributed by atoms with Gasteiger partial charge in [-0.2, -0.15) is 0 Å². The third-order valence-corrected chi connectivity index (χ3v) is 4.71. The molecule has 3 aromatic rings. The SMILES string of the molecule is COc1ccc(Cl)cc1C(=O)Nc1ccccc1C(=O)NC(C)c1ccccc1. The van der Waals surface area contributed by atoms with Gasteiger partial charge in [0.15, 0.2) is 0 Å². The maximum absolute atomic E-state index is 12.8. The molecular formula is C23H21ClN2O3. The van der Waals surface area contributed by atoms with Gasteiger partial charge < -0.3 is 15.4 Å². The Balaban J connectivity index is 1.81. The normalized spacial score (nSPS) is 11.4. The summed E-state index contributed by atoms with van der Waals surface area (Å²) in [6, 6.07) is 21.1. The van der Waals surface area contributed by atoms with Crippen LogP contribution in [0.25, 0.3) is 0 Å². The molecule has 1 unspecified atom stereocenters. The molecule has 2 amide bonds. The van der Waals surface area contributed by atoms with Crippen LogP contribution in [0.5, 0.6) is 5.75 Å². The minimum atomic E-state index is -0.416. The molecule has 0 aliphatic heterocycles. The number of hydrogen-bond donors (Lipinski definition) is 2. The summed E-state index contributed by atoms with van der Waals surface area (Å²) in [6.07, 6.45) is 0. The number of carbonyl (C=O) groups is 2. The predicted molar refractivity (Wildman–Crippen MR) is 115 cm³/mol. The first-order chi connectivity index (χ1) is 14.0. The number of halogens is 1. The fourth-order valence-electron chi connectivity index (χ4n) is 2.94. The van der Waals surface area contributed by atoms with E-state index in [0.29, 0.717) is 22.0 Å². The minimum absolute atomic E-state index is 0.180. The van der Waals surface area contributed by atoms with E-state index in [-0.39, 0.29) is 17.5 Å². The number of benzene rings is 3. The fourth-order valence-corrected chi connectivity index (χ4v) is 3.11. The molecule has 29 heavy (non-hydrogen) atoms. The van der Waals surface area contributed by atoms with Crippen molar-refractivity contribution in [3.8, 4) is 5.75 Å². The van der Waals surface area contributed by atoms with Gasteiger partial charge in [0.1, 0.15) is 5.75 Å². The molecule has 5 nitrogen and oxygen atoms in total. The highest BCUT2D eigenvalue weighted by molar-refractivity contribution is 6.31. The third-order valence-electron chi connectivity index (χ3n) is 4.47. The van der Waals surface area contributed by atoms with E-state index in [1.807, 2.05) is 37.3 Å². The summed E-state index contributed by atoms with van der Waals surface area (Å²) in [6.45, 7) is 1.91. The summed E-state index contributed by atoms with van der Waals surface area (Å²) < 4.78 is 5.24. The second-order valence-corrected chi connectivity index (χ2v) is 6.89. The molecule has 0 fully saturated rings. The highest BCUT2D eigenvalue weighted by Crippen LogP contribution is 2.25. The van der Waals surface area contributed by atoms with Crippen LogP contribution >= 0.6 is 11.6 Å². The molecule has 0 saturated heterocycles. The Hall–Kier alpha value is -3.31. The molecule has 3 rings (SSSR count). The van der Waals surface area contributed by atoms with Crippen LogP contribution in [-0.4, -0.2) is 18.9 Å². The number of nitrogens with one attached hydrogen (secondary N) is 2. The van der Waals surface area contributed by atoms with Crippen molar-refractivity contribution in [2.75, 3.05) is 12.4 Å². The standard InChI is InChI=1S/C23H21ClN2O3/c1-15(16-8-4-3-5-9-16)25-22(27)18-10-6-7-11-20(18)26-23(28)19-14-17(24)12-13-21(19)29-2/h3-15H,1-2H3,(H,25,27)(H,26,28). The van der Waals surface area contributed by atoms with Crippen molar-refractivity contribution in [2.24, 2.45) is 0 Å². The Morgan fingerprint density at radius 1 is 0.897 bits per heavy atom. The smallest absolute Gasteiger partial charge is 0.259 e. The molecule has 0 saturated carbocycles. The summed E-state index contributed by atoms with van der Waals surface area (Å²) in [7, 11) is 1.48. The average Bonchev–Trinajstić information content (AvgIpc) is 2.74. The summed E-state index contributed by atoms with van der Waals surface area (Å²) in [4.78, 5) is 25.6. The number of carbonyl (C=O) groups excluding carboxylic acids is 2. The van der Waals surface area contributed by atoms with Gasteiger partial charge >= 0.3 is 0 Å². The number of methoxy groups -OCH3 is 1. The number of amides is 2. The van der Waals surface area contributed by atoms with Crippen molar-refractivity contribution < 1.29 is 14.3 Å². The Kier molecular flexibility index (Phi) is 6.52. The summed E-state index contributed by atoms with van der Waals surface area (Å²) in [5.41, 5.74) is 2.04. The predicted octanol–water partition coefficient (Wildman–Crippen LogP) is 5.09. The van der Waals surface area contributed by atoms with Gasteiger partial charge in [-0.1, -0.05) is 54.1 Å². The monoisotopic (exact) mass is 408 g/mol. The van der Waals surface area contributed by atoms with Crippen molar-refractivity contribution in [2.45, 2.75) is 13.0 Å². The Bertz CT molecular complexity index is 1020. The molecule has 0 aliphatic rings. The number of rotatable bonds is 6. The number of anilines is 1. The van der Waals surface area contributed by atoms with Gasteiger partial charge in [-0.05, 0) is 42.8 Å². The lowest BCUT2D eigenvalue weighted by molar-refractivity contribution is 0.0941. The molecular weight excluding hydrogens is 388 g/mol. The van der Waals surface area contributed by atoms with Crippen LogP contribution in [-0.2, 0) is 0 Å². The second kappa shape index (κ2) is 9.26. The van der Waals surface area contributed by atoms with Gasteiger partial charge in [0.2, 0.25) is 0 Å². The third kappa shape index (κ3) is 4.95. The number of para-hydroxylation sites is 1. The Morgan fingerprint density at radius 2 is 1.59 bits per heavy atom. The van der Waals surface area contributed by atoms with E-state index in [1.165, 1.54) is 13.2 Å². The molecule has 0 radical (unpaired) electrons. The highest BCUT2D eigenvalue weighted by atomic mass is 35.5. The van der Waals surface area contributed by atoms with Crippen LogP contribution in [0.2, 0.25) is 5.02 Å². The molecule has 3 aromatic carbocycles. The lowest BCUT2D eigenvalue weighted by Gasteiger charge is -2.17. The van der Waals surface area contributed by atoms with Crippen molar-refractivity contribution in [1.29, 1.82) is 0 Å². The van der Waals surface area contributed by atoms with E-state index in [4.69, 9.17) is 16.3 Å². The van der Waals surface area contributed by atoms with E-state index >= 15 is 0 Å². The van der Waals surface area contributed by atoms with E-state index in [1.54, 1.807) is 36.4 Å². The Labute approximate surface area is 174 Å². The maximum Gasteiger partial charge on any atom is 0.259 e. The molecule has 0 aliphatic carbocycles. The van der Waals surface area contributed by atoms with E-state index in [2.05, 4.69) is 10.6 Å². The topological polar surface area (TPSA) is 67.4 Å². The molecule has 0 aromatic heterocycles. The average molecular weight is 409 g/mol. The number of ether oxygens (including phenoxy) is 1. The zero-order chi connectivity index (χ0) is 20.8. The first-order valence-corrected chi connectivity index (χ1v) is 9.47. The first-order valence-electron chi connectivity index (χ1n) is 9.09. The summed E-state index contributed by atoms with van der Waals surface area (Å²) in [5.74, 6) is -0.303. The van der Waals surface area contributed by atoms with E-state index in [0.717, 1.165) is 5.56 Å². The first kappa shape index (κ1) is 20.4. The molecule has 1 atom stereocenters. The van der Waals surface area contributed by atoms with Crippen LogP contribution in [0.15, 0.2) is 72.8 Å². The van der Waals surface area contributed by atoms with Crippen LogP contribution < -0.4 is 15.4 Å². The van der Waals surface area contributed by atoms with Crippen molar-refractivity contribution in [1.82, 2.24) is 5.32 Å². The van der Waals surface area contributed by atoms with Crippen LogP contribution in [0, 0.1) is 0 Å². The summed E-state index contributed by atoms with van der Waals surface area (Å²) in [5, 5.41) is 6.16. The van der Waals surface area contributed by atoms with Crippen LogP contribution in [0.4, 0.5) is 5.69 Å². The molecule has 0 spiro atoms. The zero-order valence-corrected chi connectivity index (χ0v) is 16.9. The van der Waals surface area contributed by atoms with Crippen LogP contribution in [0.1, 0.15) is 39.2 Å². The second-order valence-electron chi connectivity index (χ2n) is 6.45. The van der Waals surface area contributed by atoms with E-state index in [9.17, 15) is 9.59 Å². The lowest BCUT2D eigenvalue weighted by Crippen LogP contribution is -2.28. The molecule has 2 N–H and O–H groups in total. The highest BCUT2D eigenvalue weighted by Gasteiger charge is 2.18. The van der Waals surface area contributed by atoms with Gasteiger partial charge in [-0.3, -0.25) is 9.59 Å². The molecule has 6 heteroatoms. The fraction of sp³-hybridized carbons (Fsp3) is 0.130. The zero-order valence-electron chi connectivity index (χ0n) is 16.1. The van der Waals surface area contributed by atoms with Crippen molar-refractivity contribution >= 4 is 29.1 Å². The Morgan fingerprint density at radius 3 is 2.31 bits per heavy atom. The molecule has 148 valence electrons. The lowest BCUT2D eigenvalue weighted by atomic mass is 10.1. The van der Waals surface area contributed by atoms with Crippen molar-refractivity contribution in [3.63, 3.8) is 0 Å². The van der Waals surface area contributed by atoms with Crippen molar-refractivity contribution in [3.05, 3.63) is 94.5 Å².